The number of rotatable bonds is 4. The minimum absolute atomic E-state index is 0.315. The molecule has 2 heterocycles. The summed E-state index contributed by atoms with van der Waals surface area (Å²) in [4.78, 5) is 3.28. The summed E-state index contributed by atoms with van der Waals surface area (Å²) in [5, 5.41) is 1.54. The number of hydrogen-bond donors (Lipinski definition) is 1. The zero-order valence-electron chi connectivity index (χ0n) is 14.1. The first-order valence-electron chi connectivity index (χ1n) is 8.43. The molecular formula is C21H16Cl2FNO. The van der Waals surface area contributed by atoms with Crippen molar-refractivity contribution in [3.63, 3.8) is 0 Å². The van der Waals surface area contributed by atoms with Gasteiger partial charge in [0.1, 0.15) is 11.4 Å². The molecule has 0 saturated carbocycles. The number of halogens is 3. The molecule has 5 heteroatoms. The highest BCUT2D eigenvalue weighted by atomic mass is 35.5. The van der Waals surface area contributed by atoms with Gasteiger partial charge in [0.05, 0.1) is 21.4 Å². The van der Waals surface area contributed by atoms with Gasteiger partial charge >= 0.3 is 0 Å². The largest absolute Gasteiger partial charge is 0.453 e. The molecule has 132 valence electrons. The van der Waals surface area contributed by atoms with Crippen LogP contribution in [-0.2, 0) is 6.42 Å². The Morgan fingerprint density at radius 3 is 2.58 bits per heavy atom. The van der Waals surface area contributed by atoms with Crippen molar-refractivity contribution < 1.29 is 8.81 Å². The van der Waals surface area contributed by atoms with E-state index < -0.39 is 0 Å². The Balaban J connectivity index is 1.88. The van der Waals surface area contributed by atoms with E-state index in [-0.39, 0.29) is 5.82 Å². The Hall–Kier alpha value is -2.23. The van der Waals surface area contributed by atoms with E-state index in [1.165, 1.54) is 12.1 Å². The van der Waals surface area contributed by atoms with Gasteiger partial charge in [0.25, 0.3) is 0 Å². The topological polar surface area (TPSA) is 28.9 Å². The molecule has 4 aromatic rings. The van der Waals surface area contributed by atoms with Gasteiger partial charge in [0.15, 0.2) is 5.76 Å². The van der Waals surface area contributed by atoms with Gasteiger partial charge in [-0.15, -0.1) is 0 Å². The average molecular weight is 388 g/mol. The molecule has 0 radical (unpaired) electrons. The molecule has 4 rings (SSSR count). The number of furan rings is 1. The maximum Gasteiger partial charge on any atom is 0.170 e. The SMILES string of the molecule is CCCc1cc(F)cc2c(Cl)c(-c3cc(Cl)c(-c4ccccc4)[nH]3)oc12. The fourth-order valence-electron chi connectivity index (χ4n) is 3.20. The van der Waals surface area contributed by atoms with Crippen LogP contribution in [0.5, 0.6) is 0 Å². The van der Waals surface area contributed by atoms with Crippen molar-refractivity contribution in [2.75, 3.05) is 0 Å². The van der Waals surface area contributed by atoms with Crippen LogP contribution in [0, 0.1) is 5.82 Å². The number of fused-ring (bicyclic) bond motifs is 1. The van der Waals surface area contributed by atoms with E-state index in [4.69, 9.17) is 27.6 Å². The maximum absolute atomic E-state index is 14.0. The molecule has 2 nitrogen and oxygen atoms in total. The van der Waals surface area contributed by atoms with Gasteiger partial charge in [-0.2, -0.15) is 0 Å². The summed E-state index contributed by atoms with van der Waals surface area (Å²) in [6.07, 6.45) is 1.61. The second-order valence-corrected chi connectivity index (χ2v) is 6.99. The van der Waals surface area contributed by atoms with Crippen molar-refractivity contribution in [1.29, 1.82) is 0 Å². The highest BCUT2D eigenvalue weighted by molar-refractivity contribution is 6.38. The van der Waals surface area contributed by atoms with Gasteiger partial charge in [0.2, 0.25) is 0 Å². The highest BCUT2D eigenvalue weighted by Crippen LogP contribution is 2.41. The molecule has 0 unspecified atom stereocenters. The first kappa shape index (κ1) is 17.2. The van der Waals surface area contributed by atoms with Crippen LogP contribution in [-0.4, -0.2) is 4.98 Å². The Labute approximate surface area is 160 Å². The van der Waals surface area contributed by atoms with Crippen molar-refractivity contribution in [3.05, 3.63) is 70.0 Å². The Morgan fingerprint density at radius 1 is 1.08 bits per heavy atom. The first-order chi connectivity index (χ1) is 12.6. The van der Waals surface area contributed by atoms with E-state index >= 15 is 0 Å². The van der Waals surface area contributed by atoms with Gasteiger partial charge in [-0.25, -0.2) is 4.39 Å². The lowest BCUT2D eigenvalue weighted by atomic mass is 10.1. The van der Waals surface area contributed by atoms with Crippen LogP contribution in [0.4, 0.5) is 4.39 Å². The van der Waals surface area contributed by atoms with Crippen molar-refractivity contribution >= 4 is 34.2 Å². The standard InChI is InChI=1S/C21H16Cl2FNO/c1-2-6-13-9-14(24)10-15-18(23)21(26-20(13)15)17-11-16(22)19(25-17)12-7-4-3-5-8-12/h3-5,7-11,25H,2,6H2,1H3. The molecule has 0 fully saturated rings. The van der Waals surface area contributed by atoms with Crippen LogP contribution >= 0.6 is 23.2 Å². The third-order valence-corrected chi connectivity index (χ3v) is 5.04. The van der Waals surface area contributed by atoms with E-state index in [0.717, 1.165) is 29.7 Å². The number of benzene rings is 2. The molecule has 2 aromatic heterocycles. The maximum atomic E-state index is 14.0. The van der Waals surface area contributed by atoms with Crippen molar-refractivity contribution in [3.8, 4) is 22.7 Å². The number of nitrogens with one attached hydrogen (secondary N) is 1. The predicted octanol–water partition coefficient (Wildman–Crippen LogP) is 7.49. The van der Waals surface area contributed by atoms with Crippen molar-refractivity contribution in [1.82, 2.24) is 4.98 Å². The van der Waals surface area contributed by atoms with Crippen LogP contribution in [0.15, 0.2) is 52.9 Å². The van der Waals surface area contributed by atoms with Gasteiger partial charge in [-0.1, -0.05) is 66.9 Å². The van der Waals surface area contributed by atoms with Crippen LogP contribution < -0.4 is 0 Å². The normalized spacial score (nSPS) is 11.4. The summed E-state index contributed by atoms with van der Waals surface area (Å²) >= 11 is 12.9. The predicted molar refractivity (Wildman–Crippen MR) is 105 cm³/mol. The molecule has 0 aliphatic heterocycles. The van der Waals surface area contributed by atoms with Crippen LogP contribution in [0.25, 0.3) is 33.7 Å². The van der Waals surface area contributed by atoms with E-state index in [9.17, 15) is 4.39 Å². The zero-order chi connectivity index (χ0) is 18.3. The molecule has 0 saturated heterocycles. The number of aryl methyl sites for hydroxylation is 1. The quantitative estimate of drug-likeness (QED) is 0.385. The average Bonchev–Trinajstić information content (AvgIpc) is 3.17. The third-order valence-electron chi connectivity index (χ3n) is 4.37. The van der Waals surface area contributed by atoms with Gasteiger partial charge in [-0.3, -0.25) is 0 Å². The Bertz CT molecular complexity index is 1080. The molecule has 2 aromatic carbocycles. The summed E-state index contributed by atoms with van der Waals surface area (Å²) in [6, 6.07) is 14.5. The third kappa shape index (κ3) is 2.91. The fraction of sp³-hybridized carbons (Fsp3) is 0.143. The molecule has 26 heavy (non-hydrogen) atoms. The molecule has 0 spiro atoms. The molecule has 1 N–H and O–H groups in total. The summed E-state index contributed by atoms with van der Waals surface area (Å²) in [5.74, 6) is 0.151. The number of aromatic amines is 1. The molecule has 0 aliphatic rings. The smallest absolute Gasteiger partial charge is 0.170 e. The summed E-state index contributed by atoms with van der Waals surface area (Å²) in [5.41, 5.74) is 3.86. The lowest BCUT2D eigenvalue weighted by Gasteiger charge is -2.00. The highest BCUT2D eigenvalue weighted by Gasteiger charge is 2.20. The van der Waals surface area contributed by atoms with E-state index in [0.29, 0.717) is 32.5 Å². The second-order valence-electron chi connectivity index (χ2n) is 6.21. The summed E-state index contributed by atoms with van der Waals surface area (Å²) in [7, 11) is 0. The van der Waals surface area contributed by atoms with E-state index in [2.05, 4.69) is 4.98 Å². The molecule has 0 bridgehead atoms. The minimum atomic E-state index is -0.315. The number of hydrogen-bond acceptors (Lipinski definition) is 1. The molecule has 0 aliphatic carbocycles. The van der Waals surface area contributed by atoms with E-state index in [1.807, 2.05) is 37.3 Å². The zero-order valence-corrected chi connectivity index (χ0v) is 15.6. The minimum Gasteiger partial charge on any atom is -0.453 e. The number of H-pyrrole nitrogens is 1. The first-order valence-corrected chi connectivity index (χ1v) is 9.18. The Morgan fingerprint density at radius 2 is 1.85 bits per heavy atom. The van der Waals surface area contributed by atoms with Crippen LogP contribution in [0.2, 0.25) is 10.0 Å². The summed E-state index contributed by atoms with van der Waals surface area (Å²) in [6.45, 7) is 2.04. The lowest BCUT2D eigenvalue weighted by molar-refractivity contribution is 0.610. The van der Waals surface area contributed by atoms with Crippen LogP contribution in [0.1, 0.15) is 18.9 Å². The van der Waals surface area contributed by atoms with Gasteiger partial charge in [-0.05, 0) is 35.7 Å². The van der Waals surface area contributed by atoms with Crippen molar-refractivity contribution in [2.24, 2.45) is 0 Å². The molecule has 0 amide bonds. The van der Waals surface area contributed by atoms with Gasteiger partial charge in [0, 0.05) is 5.39 Å². The van der Waals surface area contributed by atoms with Gasteiger partial charge < -0.3 is 9.40 Å². The monoisotopic (exact) mass is 387 g/mol. The second kappa shape index (κ2) is 6.82. The Kier molecular flexibility index (Phi) is 4.51. The molecule has 0 atom stereocenters. The fourth-order valence-corrected chi connectivity index (χ4v) is 3.74. The van der Waals surface area contributed by atoms with Crippen LogP contribution in [0.3, 0.4) is 0 Å². The van der Waals surface area contributed by atoms with Crippen molar-refractivity contribution in [2.45, 2.75) is 19.8 Å². The summed E-state index contributed by atoms with van der Waals surface area (Å²) < 4.78 is 20.0. The molecular weight excluding hydrogens is 372 g/mol. The number of aromatic nitrogens is 1. The lowest BCUT2D eigenvalue weighted by Crippen LogP contribution is -1.86. The van der Waals surface area contributed by atoms with E-state index in [1.54, 1.807) is 6.07 Å².